The van der Waals surface area contributed by atoms with Crippen LogP contribution in [0.4, 0.5) is 0 Å². The summed E-state index contributed by atoms with van der Waals surface area (Å²) >= 11 is 0. The standard InChI is InChI=1S/C13H12N2O3/c16-10-4-5-11(12(17)7-10)13(18)15-8-9-3-1-2-6-14-9/h1-7,16-17H,8H2,(H,15,18). The molecule has 0 fully saturated rings. The number of rotatable bonds is 3. The van der Waals surface area contributed by atoms with E-state index < -0.39 is 5.91 Å². The predicted molar refractivity (Wildman–Crippen MR) is 65.2 cm³/mol. The Morgan fingerprint density at radius 3 is 2.72 bits per heavy atom. The Balaban J connectivity index is 2.04. The summed E-state index contributed by atoms with van der Waals surface area (Å²) in [6.07, 6.45) is 1.64. The smallest absolute Gasteiger partial charge is 0.255 e. The van der Waals surface area contributed by atoms with Crippen LogP contribution in [0.2, 0.25) is 0 Å². The normalized spacial score (nSPS) is 10.0. The van der Waals surface area contributed by atoms with Gasteiger partial charge in [0.2, 0.25) is 0 Å². The molecule has 1 heterocycles. The van der Waals surface area contributed by atoms with Gasteiger partial charge in [-0.15, -0.1) is 0 Å². The largest absolute Gasteiger partial charge is 0.508 e. The van der Waals surface area contributed by atoms with Gasteiger partial charge in [-0.3, -0.25) is 9.78 Å². The molecule has 92 valence electrons. The molecular formula is C13H12N2O3. The molecule has 0 unspecified atom stereocenters. The first-order valence-electron chi connectivity index (χ1n) is 5.37. The lowest BCUT2D eigenvalue weighted by Gasteiger charge is -2.06. The fourth-order valence-corrected chi connectivity index (χ4v) is 1.48. The van der Waals surface area contributed by atoms with Crippen LogP contribution in [0.1, 0.15) is 16.1 Å². The fraction of sp³-hybridized carbons (Fsp3) is 0.0769. The zero-order valence-electron chi connectivity index (χ0n) is 9.50. The summed E-state index contributed by atoms with van der Waals surface area (Å²) in [6.45, 7) is 0.278. The summed E-state index contributed by atoms with van der Waals surface area (Å²) in [6, 6.07) is 9.23. The summed E-state index contributed by atoms with van der Waals surface area (Å²) < 4.78 is 0. The number of aromatic nitrogens is 1. The Morgan fingerprint density at radius 1 is 1.22 bits per heavy atom. The van der Waals surface area contributed by atoms with Gasteiger partial charge >= 0.3 is 0 Å². The van der Waals surface area contributed by atoms with Crippen LogP contribution in [0.25, 0.3) is 0 Å². The summed E-state index contributed by atoms with van der Waals surface area (Å²) in [5, 5.41) is 21.3. The third-order valence-corrected chi connectivity index (χ3v) is 2.38. The minimum absolute atomic E-state index is 0.0891. The number of carbonyl (C=O) groups is 1. The molecule has 1 aromatic heterocycles. The highest BCUT2D eigenvalue weighted by molar-refractivity contribution is 5.96. The molecule has 0 saturated carbocycles. The lowest BCUT2D eigenvalue weighted by Crippen LogP contribution is -2.23. The zero-order chi connectivity index (χ0) is 13.0. The number of hydrogen-bond acceptors (Lipinski definition) is 4. The Labute approximate surface area is 104 Å². The second-order valence-electron chi connectivity index (χ2n) is 3.71. The Kier molecular flexibility index (Phi) is 3.43. The van der Waals surface area contributed by atoms with E-state index >= 15 is 0 Å². The van der Waals surface area contributed by atoms with Crippen molar-refractivity contribution in [3.63, 3.8) is 0 Å². The van der Waals surface area contributed by atoms with E-state index in [4.69, 9.17) is 5.11 Å². The van der Waals surface area contributed by atoms with E-state index in [0.29, 0.717) is 0 Å². The number of amides is 1. The molecule has 1 amide bonds. The highest BCUT2D eigenvalue weighted by atomic mass is 16.3. The number of phenols is 2. The number of nitrogens with one attached hydrogen (secondary N) is 1. The van der Waals surface area contributed by atoms with Gasteiger partial charge in [-0.25, -0.2) is 0 Å². The van der Waals surface area contributed by atoms with Crippen LogP contribution < -0.4 is 5.32 Å². The molecule has 5 nitrogen and oxygen atoms in total. The molecule has 0 spiro atoms. The molecule has 1 aromatic carbocycles. The van der Waals surface area contributed by atoms with Gasteiger partial charge < -0.3 is 15.5 Å². The average molecular weight is 244 g/mol. The molecule has 0 atom stereocenters. The SMILES string of the molecule is O=C(NCc1ccccn1)c1ccc(O)cc1O. The lowest BCUT2D eigenvalue weighted by molar-refractivity contribution is 0.0947. The average Bonchev–Trinajstić information content (AvgIpc) is 2.37. The van der Waals surface area contributed by atoms with Crippen molar-refractivity contribution in [3.8, 4) is 11.5 Å². The molecule has 0 aliphatic carbocycles. The third-order valence-electron chi connectivity index (χ3n) is 2.38. The number of aromatic hydroxyl groups is 2. The highest BCUT2D eigenvalue weighted by Gasteiger charge is 2.11. The van der Waals surface area contributed by atoms with Crippen LogP contribution in [0, 0.1) is 0 Å². The fourth-order valence-electron chi connectivity index (χ4n) is 1.48. The zero-order valence-corrected chi connectivity index (χ0v) is 9.50. The summed E-state index contributed by atoms with van der Waals surface area (Å²) in [5.41, 5.74) is 0.841. The van der Waals surface area contributed by atoms with E-state index in [9.17, 15) is 9.90 Å². The van der Waals surface area contributed by atoms with Gasteiger partial charge in [0.15, 0.2) is 0 Å². The second kappa shape index (κ2) is 5.18. The highest BCUT2D eigenvalue weighted by Crippen LogP contribution is 2.22. The molecule has 2 rings (SSSR count). The molecule has 0 saturated heterocycles. The number of pyridine rings is 1. The Hall–Kier alpha value is -2.56. The molecule has 5 heteroatoms. The number of hydrogen-bond donors (Lipinski definition) is 3. The maximum absolute atomic E-state index is 11.8. The monoisotopic (exact) mass is 244 g/mol. The van der Waals surface area contributed by atoms with Gasteiger partial charge in [-0.05, 0) is 24.3 Å². The molecule has 0 radical (unpaired) electrons. The minimum Gasteiger partial charge on any atom is -0.508 e. The van der Waals surface area contributed by atoms with Crippen molar-refractivity contribution >= 4 is 5.91 Å². The maximum Gasteiger partial charge on any atom is 0.255 e. The van der Waals surface area contributed by atoms with Crippen LogP contribution >= 0.6 is 0 Å². The Morgan fingerprint density at radius 2 is 2.06 bits per heavy atom. The van der Waals surface area contributed by atoms with Gasteiger partial charge in [-0.2, -0.15) is 0 Å². The van der Waals surface area contributed by atoms with E-state index in [-0.39, 0.29) is 23.6 Å². The van der Waals surface area contributed by atoms with Crippen LogP contribution in [0.5, 0.6) is 11.5 Å². The van der Waals surface area contributed by atoms with Crippen LogP contribution in [0.3, 0.4) is 0 Å². The second-order valence-corrected chi connectivity index (χ2v) is 3.71. The first-order valence-corrected chi connectivity index (χ1v) is 5.37. The van der Waals surface area contributed by atoms with Gasteiger partial charge in [0, 0.05) is 12.3 Å². The van der Waals surface area contributed by atoms with Crippen LogP contribution in [-0.4, -0.2) is 21.1 Å². The minimum atomic E-state index is -0.418. The van der Waals surface area contributed by atoms with Crippen molar-refractivity contribution in [1.29, 1.82) is 0 Å². The first kappa shape index (κ1) is 11.9. The van der Waals surface area contributed by atoms with E-state index in [1.165, 1.54) is 12.1 Å². The molecule has 0 aliphatic heterocycles. The van der Waals surface area contributed by atoms with Crippen molar-refractivity contribution < 1.29 is 15.0 Å². The van der Waals surface area contributed by atoms with Crippen molar-refractivity contribution in [2.24, 2.45) is 0 Å². The summed E-state index contributed by atoms with van der Waals surface area (Å²) in [7, 11) is 0. The molecule has 2 aromatic rings. The van der Waals surface area contributed by atoms with Crippen LogP contribution in [-0.2, 0) is 6.54 Å². The van der Waals surface area contributed by atoms with E-state index in [1.54, 1.807) is 18.3 Å². The van der Waals surface area contributed by atoms with Crippen molar-refractivity contribution in [1.82, 2.24) is 10.3 Å². The topological polar surface area (TPSA) is 82.5 Å². The summed E-state index contributed by atoms with van der Waals surface area (Å²) in [4.78, 5) is 15.8. The van der Waals surface area contributed by atoms with Gasteiger partial charge in [0.05, 0.1) is 17.8 Å². The molecular weight excluding hydrogens is 232 g/mol. The first-order chi connectivity index (χ1) is 8.66. The summed E-state index contributed by atoms with van der Waals surface area (Å²) in [5.74, 6) is -0.763. The quantitative estimate of drug-likeness (QED) is 0.762. The van der Waals surface area contributed by atoms with Gasteiger partial charge in [0.25, 0.3) is 5.91 Å². The van der Waals surface area contributed by atoms with E-state index in [2.05, 4.69) is 10.3 Å². The number of nitrogens with zero attached hydrogens (tertiary/aromatic N) is 1. The lowest BCUT2D eigenvalue weighted by atomic mass is 10.2. The molecule has 0 aliphatic rings. The number of carbonyl (C=O) groups excluding carboxylic acids is 1. The van der Waals surface area contributed by atoms with E-state index in [1.807, 2.05) is 6.07 Å². The number of benzene rings is 1. The van der Waals surface area contributed by atoms with Gasteiger partial charge in [-0.1, -0.05) is 6.07 Å². The van der Waals surface area contributed by atoms with E-state index in [0.717, 1.165) is 11.8 Å². The molecule has 3 N–H and O–H groups in total. The maximum atomic E-state index is 11.8. The van der Waals surface area contributed by atoms with Crippen molar-refractivity contribution in [2.75, 3.05) is 0 Å². The molecule has 18 heavy (non-hydrogen) atoms. The Bertz CT molecular complexity index is 555. The number of phenolic OH excluding ortho intramolecular Hbond substituents is 2. The molecule has 0 bridgehead atoms. The van der Waals surface area contributed by atoms with Crippen molar-refractivity contribution in [2.45, 2.75) is 6.54 Å². The van der Waals surface area contributed by atoms with Crippen molar-refractivity contribution in [3.05, 3.63) is 53.9 Å². The van der Waals surface area contributed by atoms with Gasteiger partial charge in [0.1, 0.15) is 11.5 Å². The van der Waals surface area contributed by atoms with Crippen LogP contribution in [0.15, 0.2) is 42.6 Å². The third kappa shape index (κ3) is 2.76. The predicted octanol–water partition coefficient (Wildman–Crippen LogP) is 1.42.